The number of aromatic nitrogens is 2. The van der Waals surface area contributed by atoms with Gasteiger partial charge in [0.25, 0.3) is 0 Å². The number of piperidine rings is 1. The van der Waals surface area contributed by atoms with Gasteiger partial charge in [0.15, 0.2) is 0 Å². The molecule has 1 amide bonds. The lowest BCUT2D eigenvalue weighted by Crippen LogP contribution is -2.56. The molecular formula is C11H17N5O. The maximum absolute atomic E-state index is 11.9. The van der Waals surface area contributed by atoms with Gasteiger partial charge < -0.3 is 15.6 Å². The summed E-state index contributed by atoms with van der Waals surface area (Å²) < 4.78 is 0. The molecule has 2 fully saturated rings. The van der Waals surface area contributed by atoms with Gasteiger partial charge in [-0.25, -0.2) is 4.98 Å². The van der Waals surface area contributed by atoms with E-state index >= 15 is 0 Å². The molecule has 0 aliphatic carbocycles. The molecular weight excluding hydrogens is 218 g/mol. The fourth-order valence-corrected chi connectivity index (χ4v) is 2.64. The van der Waals surface area contributed by atoms with Crippen LogP contribution in [-0.4, -0.2) is 40.7 Å². The third-order valence-corrected chi connectivity index (χ3v) is 3.57. The Morgan fingerprint density at radius 3 is 2.94 bits per heavy atom. The highest BCUT2D eigenvalue weighted by atomic mass is 16.2. The highest BCUT2D eigenvalue weighted by Crippen LogP contribution is 2.21. The van der Waals surface area contributed by atoms with Gasteiger partial charge in [-0.2, -0.15) is 0 Å². The molecule has 3 rings (SSSR count). The Bertz CT molecular complexity index is 396. The first-order valence-corrected chi connectivity index (χ1v) is 6.05. The Hall–Kier alpha value is -1.40. The van der Waals surface area contributed by atoms with Gasteiger partial charge >= 0.3 is 0 Å². The largest absolute Gasteiger partial charge is 0.348 e. The van der Waals surface area contributed by atoms with E-state index < -0.39 is 0 Å². The number of amides is 1. The number of rotatable bonds is 2. The fourth-order valence-electron chi connectivity index (χ4n) is 2.64. The zero-order valence-corrected chi connectivity index (χ0v) is 9.62. The normalized spacial score (nSPS) is 27.3. The summed E-state index contributed by atoms with van der Waals surface area (Å²) in [4.78, 5) is 18.9. The Morgan fingerprint density at radius 2 is 2.24 bits per heavy atom. The van der Waals surface area contributed by atoms with Gasteiger partial charge in [-0.3, -0.25) is 10.1 Å². The number of nitrogens with one attached hydrogen (secondary N) is 4. The van der Waals surface area contributed by atoms with Crippen LogP contribution in [0, 0.1) is 0 Å². The van der Waals surface area contributed by atoms with Crippen molar-refractivity contribution in [2.45, 2.75) is 31.0 Å². The van der Waals surface area contributed by atoms with Crippen molar-refractivity contribution in [2.75, 3.05) is 13.1 Å². The Balaban J connectivity index is 1.69. The topological polar surface area (TPSA) is 81.8 Å². The molecule has 3 heterocycles. The second-order valence-corrected chi connectivity index (χ2v) is 4.80. The van der Waals surface area contributed by atoms with E-state index in [1.807, 2.05) is 0 Å². The molecule has 2 aliphatic rings. The zero-order valence-electron chi connectivity index (χ0n) is 9.62. The van der Waals surface area contributed by atoms with Gasteiger partial charge in [-0.15, -0.1) is 0 Å². The van der Waals surface area contributed by atoms with E-state index in [0.29, 0.717) is 6.42 Å². The van der Waals surface area contributed by atoms with E-state index in [1.165, 1.54) is 0 Å². The summed E-state index contributed by atoms with van der Waals surface area (Å²) in [5, 5.41) is 9.86. The molecule has 2 aliphatic heterocycles. The molecule has 1 atom stereocenters. The Labute approximate surface area is 99.6 Å². The number of carbonyl (C=O) groups excluding carboxylic acids is 1. The minimum absolute atomic E-state index is 0.0986. The van der Waals surface area contributed by atoms with Crippen LogP contribution in [0.4, 0.5) is 0 Å². The van der Waals surface area contributed by atoms with Gasteiger partial charge in [0, 0.05) is 18.3 Å². The van der Waals surface area contributed by atoms with Gasteiger partial charge in [-0.1, -0.05) is 0 Å². The number of H-pyrrole nitrogens is 1. The predicted molar refractivity (Wildman–Crippen MR) is 62.2 cm³/mol. The van der Waals surface area contributed by atoms with Gasteiger partial charge in [0.05, 0.1) is 18.0 Å². The Morgan fingerprint density at radius 1 is 1.41 bits per heavy atom. The molecule has 1 aromatic rings. The molecule has 6 nitrogen and oxygen atoms in total. The Kier molecular flexibility index (Phi) is 2.60. The number of hydrogen-bond acceptors (Lipinski definition) is 4. The predicted octanol–water partition coefficient (Wildman–Crippen LogP) is -0.880. The number of nitrogens with zero attached hydrogens (tertiary/aromatic N) is 1. The van der Waals surface area contributed by atoms with Crippen molar-refractivity contribution in [1.82, 2.24) is 25.9 Å². The van der Waals surface area contributed by atoms with E-state index in [2.05, 4.69) is 25.9 Å². The summed E-state index contributed by atoms with van der Waals surface area (Å²) in [7, 11) is 0. The summed E-state index contributed by atoms with van der Waals surface area (Å²) in [6.07, 6.45) is 5.96. The number of aromatic amines is 1. The molecule has 0 radical (unpaired) electrons. The monoisotopic (exact) mass is 235 g/mol. The summed E-state index contributed by atoms with van der Waals surface area (Å²) >= 11 is 0. The van der Waals surface area contributed by atoms with Crippen molar-refractivity contribution >= 4 is 5.91 Å². The highest BCUT2D eigenvalue weighted by molar-refractivity contribution is 5.85. The van der Waals surface area contributed by atoms with Gasteiger partial charge in [-0.05, 0) is 25.9 Å². The van der Waals surface area contributed by atoms with Crippen molar-refractivity contribution in [3.63, 3.8) is 0 Å². The van der Waals surface area contributed by atoms with Crippen molar-refractivity contribution in [1.29, 1.82) is 0 Å². The van der Waals surface area contributed by atoms with Crippen LogP contribution >= 0.6 is 0 Å². The number of imidazole rings is 1. The zero-order chi connectivity index (χ0) is 11.7. The maximum atomic E-state index is 11.9. The van der Waals surface area contributed by atoms with Crippen LogP contribution in [0.5, 0.6) is 0 Å². The van der Waals surface area contributed by atoms with Crippen LogP contribution in [0.15, 0.2) is 12.5 Å². The lowest BCUT2D eigenvalue weighted by molar-refractivity contribution is -0.121. The molecule has 1 aromatic heterocycles. The third-order valence-electron chi connectivity index (χ3n) is 3.57. The molecule has 4 N–H and O–H groups in total. The van der Waals surface area contributed by atoms with Crippen molar-refractivity contribution < 1.29 is 4.79 Å². The van der Waals surface area contributed by atoms with Gasteiger partial charge in [0.1, 0.15) is 0 Å². The first-order chi connectivity index (χ1) is 8.27. The lowest BCUT2D eigenvalue weighted by Gasteiger charge is -2.34. The van der Waals surface area contributed by atoms with E-state index in [4.69, 9.17) is 0 Å². The van der Waals surface area contributed by atoms with E-state index in [0.717, 1.165) is 31.6 Å². The molecule has 17 heavy (non-hydrogen) atoms. The van der Waals surface area contributed by atoms with Crippen molar-refractivity contribution in [3.05, 3.63) is 18.2 Å². The first kappa shape index (κ1) is 10.7. The van der Waals surface area contributed by atoms with E-state index in [1.54, 1.807) is 12.5 Å². The number of hydrogen-bond donors (Lipinski definition) is 4. The van der Waals surface area contributed by atoms with Gasteiger partial charge in [0.2, 0.25) is 5.91 Å². The molecule has 2 saturated heterocycles. The van der Waals surface area contributed by atoms with Crippen LogP contribution < -0.4 is 16.0 Å². The second-order valence-electron chi connectivity index (χ2n) is 4.80. The average molecular weight is 235 g/mol. The highest BCUT2D eigenvalue weighted by Gasteiger charge is 2.43. The fraction of sp³-hybridized carbons (Fsp3) is 0.636. The SMILES string of the molecule is O=C1NC2(CCNCC2)NC1Cc1cnc[nH]1. The van der Waals surface area contributed by atoms with Crippen LogP contribution in [0.3, 0.4) is 0 Å². The van der Waals surface area contributed by atoms with E-state index in [9.17, 15) is 4.79 Å². The smallest absolute Gasteiger partial charge is 0.239 e. The summed E-state index contributed by atoms with van der Waals surface area (Å²) in [6, 6.07) is -0.145. The molecule has 0 saturated carbocycles. The molecule has 1 unspecified atom stereocenters. The van der Waals surface area contributed by atoms with Crippen LogP contribution in [0.25, 0.3) is 0 Å². The molecule has 1 spiro atoms. The van der Waals surface area contributed by atoms with Crippen LogP contribution in [-0.2, 0) is 11.2 Å². The average Bonchev–Trinajstić information content (AvgIpc) is 2.91. The summed E-state index contributed by atoms with van der Waals surface area (Å²) in [6.45, 7) is 1.90. The maximum Gasteiger partial charge on any atom is 0.239 e. The molecule has 6 heteroatoms. The standard InChI is InChI=1S/C11H17N5O/c17-10-9(5-8-6-13-7-14-8)15-11(16-10)1-3-12-4-2-11/h6-7,9,12,15H,1-5H2,(H,13,14)(H,16,17). The third kappa shape index (κ3) is 2.05. The number of carbonyl (C=O) groups is 1. The van der Waals surface area contributed by atoms with Crippen LogP contribution in [0.1, 0.15) is 18.5 Å². The second kappa shape index (κ2) is 4.12. The minimum Gasteiger partial charge on any atom is -0.348 e. The van der Waals surface area contributed by atoms with Crippen LogP contribution in [0.2, 0.25) is 0 Å². The molecule has 92 valence electrons. The minimum atomic E-state index is -0.187. The van der Waals surface area contributed by atoms with Crippen molar-refractivity contribution in [2.24, 2.45) is 0 Å². The lowest BCUT2D eigenvalue weighted by atomic mass is 9.99. The first-order valence-electron chi connectivity index (χ1n) is 6.05. The van der Waals surface area contributed by atoms with Crippen molar-refractivity contribution in [3.8, 4) is 0 Å². The molecule has 0 aromatic carbocycles. The quantitative estimate of drug-likeness (QED) is 0.536. The molecule has 0 bridgehead atoms. The summed E-state index contributed by atoms with van der Waals surface area (Å²) in [5.41, 5.74) is 0.802. The van der Waals surface area contributed by atoms with E-state index in [-0.39, 0.29) is 17.6 Å². The summed E-state index contributed by atoms with van der Waals surface area (Å²) in [5.74, 6) is 0.0986.